The normalized spacial score (nSPS) is 25.0. The Morgan fingerprint density at radius 2 is 2.20 bits per heavy atom. The highest BCUT2D eigenvalue weighted by atomic mass is 35.5. The summed E-state index contributed by atoms with van der Waals surface area (Å²) in [6.45, 7) is 0.427. The van der Waals surface area contributed by atoms with E-state index in [1.54, 1.807) is 6.07 Å². The quantitative estimate of drug-likeness (QED) is 0.864. The molecule has 0 spiro atoms. The van der Waals surface area contributed by atoms with Crippen molar-refractivity contribution in [3.05, 3.63) is 34.6 Å². The van der Waals surface area contributed by atoms with Crippen LogP contribution in [0.4, 0.5) is 4.39 Å². The van der Waals surface area contributed by atoms with Crippen LogP contribution in [-0.4, -0.2) is 12.1 Å². The van der Waals surface area contributed by atoms with E-state index in [9.17, 15) is 4.39 Å². The molecule has 15 heavy (non-hydrogen) atoms. The fraction of sp³-hybridized carbons (Fsp3) is 0.455. The minimum absolute atomic E-state index is 0.237. The molecule has 1 saturated carbocycles. The van der Waals surface area contributed by atoms with Crippen LogP contribution < -0.4 is 5.73 Å². The molecule has 1 aromatic carbocycles. The van der Waals surface area contributed by atoms with Crippen molar-refractivity contribution in [3.8, 4) is 0 Å². The van der Waals surface area contributed by atoms with Crippen molar-refractivity contribution in [3.63, 3.8) is 0 Å². The Bertz CT molecular complexity index is 352. The summed E-state index contributed by atoms with van der Waals surface area (Å²) < 4.78 is 18.3. The van der Waals surface area contributed by atoms with Crippen LogP contribution in [0.3, 0.4) is 0 Å². The molecule has 1 aromatic rings. The Kier molecular flexibility index (Phi) is 3.24. The third kappa shape index (κ3) is 2.68. The van der Waals surface area contributed by atoms with E-state index in [4.69, 9.17) is 22.1 Å². The largest absolute Gasteiger partial charge is 0.373 e. The van der Waals surface area contributed by atoms with E-state index in [0.29, 0.717) is 11.6 Å². The summed E-state index contributed by atoms with van der Waals surface area (Å²) in [5.74, 6) is -0.325. The van der Waals surface area contributed by atoms with E-state index < -0.39 is 0 Å². The minimum atomic E-state index is -0.325. The van der Waals surface area contributed by atoms with Gasteiger partial charge in [-0.25, -0.2) is 4.39 Å². The van der Waals surface area contributed by atoms with E-state index in [2.05, 4.69) is 0 Å². The summed E-state index contributed by atoms with van der Waals surface area (Å²) in [5.41, 5.74) is 6.45. The molecule has 0 bridgehead atoms. The highest BCUT2D eigenvalue weighted by Gasteiger charge is 2.26. The lowest BCUT2D eigenvalue weighted by Crippen LogP contribution is -2.41. The number of halogens is 2. The van der Waals surface area contributed by atoms with Crippen molar-refractivity contribution in [2.24, 2.45) is 5.73 Å². The lowest BCUT2D eigenvalue weighted by atomic mass is 9.90. The smallest absolute Gasteiger partial charge is 0.124 e. The van der Waals surface area contributed by atoms with Crippen LogP contribution in [0.2, 0.25) is 5.02 Å². The van der Waals surface area contributed by atoms with Gasteiger partial charge in [0.05, 0.1) is 12.7 Å². The van der Waals surface area contributed by atoms with E-state index in [1.165, 1.54) is 12.1 Å². The first-order chi connectivity index (χ1) is 7.15. The zero-order valence-electron chi connectivity index (χ0n) is 8.25. The van der Waals surface area contributed by atoms with E-state index in [0.717, 1.165) is 18.4 Å². The molecule has 0 atom stereocenters. The summed E-state index contributed by atoms with van der Waals surface area (Å²) in [4.78, 5) is 0. The van der Waals surface area contributed by atoms with Crippen molar-refractivity contribution in [2.75, 3.05) is 0 Å². The van der Waals surface area contributed by atoms with Crippen LogP contribution in [0.15, 0.2) is 18.2 Å². The number of rotatable bonds is 3. The molecule has 1 aliphatic rings. The molecule has 2 rings (SSSR count). The Hall–Kier alpha value is -0.640. The molecule has 0 unspecified atom stereocenters. The second-order valence-corrected chi connectivity index (χ2v) is 4.31. The second-order valence-electron chi connectivity index (χ2n) is 3.90. The predicted octanol–water partition coefficient (Wildman–Crippen LogP) is 2.49. The molecule has 82 valence electrons. The molecule has 0 amide bonds. The molecule has 2 N–H and O–H groups in total. The fourth-order valence-corrected chi connectivity index (χ4v) is 1.81. The average Bonchev–Trinajstić information content (AvgIpc) is 2.13. The van der Waals surface area contributed by atoms with Crippen molar-refractivity contribution >= 4 is 11.6 Å². The van der Waals surface area contributed by atoms with Gasteiger partial charge >= 0.3 is 0 Å². The fourth-order valence-electron chi connectivity index (χ4n) is 1.59. The first-order valence-electron chi connectivity index (χ1n) is 4.96. The van der Waals surface area contributed by atoms with Crippen LogP contribution in [0.25, 0.3) is 0 Å². The molecule has 2 nitrogen and oxygen atoms in total. The maximum atomic E-state index is 12.7. The summed E-state index contributed by atoms with van der Waals surface area (Å²) in [6, 6.07) is 4.61. The van der Waals surface area contributed by atoms with Gasteiger partial charge in [-0.15, -0.1) is 0 Å². The topological polar surface area (TPSA) is 35.2 Å². The van der Waals surface area contributed by atoms with Gasteiger partial charge in [0.15, 0.2) is 0 Å². The van der Waals surface area contributed by atoms with Crippen molar-refractivity contribution < 1.29 is 9.13 Å². The Labute approximate surface area is 93.2 Å². The molecule has 4 heteroatoms. The van der Waals surface area contributed by atoms with Crippen molar-refractivity contribution in [1.82, 2.24) is 0 Å². The number of hydrogen-bond donors (Lipinski definition) is 1. The lowest BCUT2D eigenvalue weighted by molar-refractivity contribution is -0.0188. The summed E-state index contributed by atoms with van der Waals surface area (Å²) in [7, 11) is 0. The molecule has 0 heterocycles. The Morgan fingerprint density at radius 1 is 1.47 bits per heavy atom. The first-order valence-corrected chi connectivity index (χ1v) is 5.34. The van der Waals surface area contributed by atoms with Crippen LogP contribution in [0.1, 0.15) is 18.4 Å². The first kappa shape index (κ1) is 10.9. The molecule has 0 radical (unpaired) electrons. The van der Waals surface area contributed by atoms with Gasteiger partial charge in [0.1, 0.15) is 5.82 Å². The molecule has 0 saturated heterocycles. The lowest BCUT2D eigenvalue weighted by Gasteiger charge is -2.32. The summed E-state index contributed by atoms with van der Waals surface area (Å²) in [6.07, 6.45) is 2.04. The van der Waals surface area contributed by atoms with E-state index in [-0.39, 0.29) is 18.0 Å². The Morgan fingerprint density at radius 3 is 2.80 bits per heavy atom. The molecule has 1 fully saturated rings. The van der Waals surface area contributed by atoms with Gasteiger partial charge in [-0.3, -0.25) is 0 Å². The third-order valence-electron chi connectivity index (χ3n) is 2.62. The van der Waals surface area contributed by atoms with Gasteiger partial charge in [0.25, 0.3) is 0 Å². The minimum Gasteiger partial charge on any atom is -0.373 e. The van der Waals surface area contributed by atoms with Crippen LogP contribution in [0, 0.1) is 5.82 Å². The predicted molar refractivity (Wildman–Crippen MR) is 57.2 cm³/mol. The van der Waals surface area contributed by atoms with Gasteiger partial charge in [0.2, 0.25) is 0 Å². The summed E-state index contributed by atoms with van der Waals surface area (Å²) in [5, 5.41) is 0.415. The van der Waals surface area contributed by atoms with Crippen LogP contribution in [-0.2, 0) is 11.3 Å². The monoisotopic (exact) mass is 229 g/mol. The maximum Gasteiger partial charge on any atom is 0.124 e. The Balaban J connectivity index is 1.88. The highest BCUT2D eigenvalue weighted by Crippen LogP contribution is 2.24. The average molecular weight is 230 g/mol. The maximum absolute atomic E-state index is 12.7. The summed E-state index contributed by atoms with van der Waals surface area (Å²) >= 11 is 5.86. The van der Waals surface area contributed by atoms with Crippen molar-refractivity contribution in [2.45, 2.75) is 31.6 Å². The molecular formula is C11H13ClFNO. The SMILES string of the molecule is NC1CC(OCc2ccc(F)cc2Cl)C1. The van der Waals surface area contributed by atoms with Crippen molar-refractivity contribution in [1.29, 1.82) is 0 Å². The van der Waals surface area contributed by atoms with Crippen LogP contribution in [0.5, 0.6) is 0 Å². The van der Waals surface area contributed by atoms with Gasteiger partial charge in [-0.05, 0) is 30.5 Å². The van der Waals surface area contributed by atoms with Gasteiger partial charge in [0, 0.05) is 11.1 Å². The van der Waals surface area contributed by atoms with Gasteiger partial charge in [-0.1, -0.05) is 17.7 Å². The number of benzene rings is 1. The molecule has 0 aromatic heterocycles. The zero-order chi connectivity index (χ0) is 10.8. The molecule has 1 aliphatic carbocycles. The van der Waals surface area contributed by atoms with E-state index >= 15 is 0 Å². The highest BCUT2D eigenvalue weighted by molar-refractivity contribution is 6.31. The number of ether oxygens (including phenoxy) is 1. The van der Waals surface area contributed by atoms with E-state index in [1.807, 2.05) is 0 Å². The van der Waals surface area contributed by atoms with Gasteiger partial charge in [-0.2, -0.15) is 0 Å². The molecular weight excluding hydrogens is 217 g/mol. The number of nitrogens with two attached hydrogens (primary N) is 1. The number of hydrogen-bond acceptors (Lipinski definition) is 2. The zero-order valence-corrected chi connectivity index (χ0v) is 9.01. The third-order valence-corrected chi connectivity index (χ3v) is 2.97. The van der Waals surface area contributed by atoms with Crippen LogP contribution >= 0.6 is 11.6 Å². The molecule has 0 aliphatic heterocycles. The standard InChI is InChI=1S/C11H13ClFNO/c12-11-3-8(13)2-1-7(11)6-15-10-4-9(14)5-10/h1-3,9-10H,4-6,14H2. The van der Waals surface area contributed by atoms with Gasteiger partial charge < -0.3 is 10.5 Å². The second kappa shape index (κ2) is 4.47.